The van der Waals surface area contributed by atoms with Gasteiger partial charge < -0.3 is 9.64 Å². The first-order chi connectivity index (χ1) is 11.6. The lowest BCUT2D eigenvalue weighted by Crippen LogP contribution is -2.29. The van der Waals surface area contributed by atoms with Crippen LogP contribution in [0.15, 0.2) is 36.9 Å². The summed E-state index contributed by atoms with van der Waals surface area (Å²) >= 11 is 4.17. The fraction of sp³-hybridized carbons (Fsp3) is 0.550. The van der Waals surface area contributed by atoms with Gasteiger partial charge in [-0.05, 0) is 36.5 Å². The third-order valence-electron chi connectivity index (χ3n) is 4.15. The Kier molecular flexibility index (Phi) is 10.3. The Labute approximate surface area is 152 Å². The molecule has 0 saturated carbocycles. The molecule has 0 fully saturated rings. The second-order valence-corrected chi connectivity index (χ2v) is 6.60. The van der Waals surface area contributed by atoms with E-state index in [9.17, 15) is 4.79 Å². The van der Waals surface area contributed by atoms with Crippen molar-refractivity contribution in [2.45, 2.75) is 45.4 Å². The number of carbonyl (C=O) groups is 1. The molecule has 1 aromatic carbocycles. The molecular formula is C20H31NO2S. The first-order valence-electron chi connectivity index (χ1n) is 8.78. The van der Waals surface area contributed by atoms with E-state index in [1.807, 2.05) is 11.0 Å². The van der Waals surface area contributed by atoms with Crippen molar-refractivity contribution < 1.29 is 9.53 Å². The summed E-state index contributed by atoms with van der Waals surface area (Å²) in [6.07, 6.45) is 6.29. The lowest BCUT2D eigenvalue weighted by atomic mass is 9.95. The SMILES string of the molecule is C=CCN(CCCCCC(C)c1cccc(OCCS)c1)C(C)=O. The van der Waals surface area contributed by atoms with Crippen LogP contribution < -0.4 is 4.74 Å². The largest absolute Gasteiger partial charge is 0.493 e. The van der Waals surface area contributed by atoms with Gasteiger partial charge in [0.1, 0.15) is 5.75 Å². The van der Waals surface area contributed by atoms with Crippen LogP contribution in [0.5, 0.6) is 5.75 Å². The van der Waals surface area contributed by atoms with Crippen molar-refractivity contribution in [1.82, 2.24) is 4.90 Å². The molecule has 4 heteroatoms. The molecule has 0 saturated heterocycles. The van der Waals surface area contributed by atoms with E-state index in [1.54, 1.807) is 13.0 Å². The van der Waals surface area contributed by atoms with Gasteiger partial charge in [-0.25, -0.2) is 0 Å². The van der Waals surface area contributed by atoms with Gasteiger partial charge in [-0.15, -0.1) is 6.58 Å². The molecule has 134 valence electrons. The van der Waals surface area contributed by atoms with E-state index in [0.717, 1.165) is 37.3 Å². The quantitative estimate of drug-likeness (QED) is 0.337. The van der Waals surface area contributed by atoms with Crippen molar-refractivity contribution in [1.29, 1.82) is 0 Å². The average Bonchev–Trinajstić information content (AvgIpc) is 2.58. The molecule has 0 heterocycles. The molecule has 0 N–H and O–H groups in total. The Morgan fingerprint density at radius 3 is 2.83 bits per heavy atom. The number of hydrogen-bond acceptors (Lipinski definition) is 3. The Bertz CT molecular complexity index is 504. The summed E-state index contributed by atoms with van der Waals surface area (Å²) in [5.74, 6) is 2.29. The average molecular weight is 350 g/mol. The first-order valence-corrected chi connectivity index (χ1v) is 9.41. The molecular weight excluding hydrogens is 318 g/mol. The van der Waals surface area contributed by atoms with Gasteiger partial charge in [0.15, 0.2) is 0 Å². The Morgan fingerprint density at radius 2 is 2.17 bits per heavy atom. The standard InChI is InChI=1S/C20H31NO2S/c1-4-12-21(18(3)22)13-7-5-6-9-17(2)19-10-8-11-20(16-19)23-14-15-24/h4,8,10-11,16-17,24H,1,5-7,9,12-15H2,2-3H3. The summed E-state index contributed by atoms with van der Waals surface area (Å²) in [5.41, 5.74) is 1.32. The molecule has 1 amide bonds. The summed E-state index contributed by atoms with van der Waals surface area (Å²) in [6, 6.07) is 8.35. The highest BCUT2D eigenvalue weighted by Gasteiger charge is 2.08. The van der Waals surface area contributed by atoms with E-state index < -0.39 is 0 Å². The van der Waals surface area contributed by atoms with E-state index in [0.29, 0.717) is 19.1 Å². The van der Waals surface area contributed by atoms with E-state index in [1.165, 1.54) is 12.0 Å². The van der Waals surface area contributed by atoms with E-state index in [-0.39, 0.29) is 5.91 Å². The second-order valence-electron chi connectivity index (χ2n) is 6.15. The van der Waals surface area contributed by atoms with Crippen molar-refractivity contribution >= 4 is 18.5 Å². The summed E-state index contributed by atoms with van der Waals surface area (Å²) < 4.78 is 5.64. The summed E-state index contributed by atoms with van der Waals surface area (Å²) in [7, 11) is 0. The predicted octanol–water partition coefficient (Wildman–Crippen LogP) is 4.69. The van der Waals surface area contributed by atoms with Crippen LogP contribution in [0.2, 0.25) is 0 Å². The van der Waals surface area contributed by atoms with Gasteiger partial charge in [0.2, 0.25) is 5.91 Å². The molecule has 0 aliphatic heterocycles. The zero-order chi connectivity index (χ0) is 17.8. The summed E-state index contributed by atoms with van der Waals surface area (Å²) in [4.78, 5) is 13.3. The number of rotatable bonds is 12. The first kappa shape index (κ1) is 20.6. The van der Waals surface area contributed by atoms with Crippen LogP contribution >= 0.6 is 12.6 Å². The Morgan fingerprint density at radius 1 is 1.38 bits per heavy atom. The molecule has 0 aromatic heterocycles. The minimum atomic E-state index is 0.126. The van der Waals surface area contributed by atoms with Crippen molar-refractivity contribution in [3.8, 4) is 5.75 Å². The van der Waals surface area contributed by atoms with Gasteiger partial charge in [-0.1, -0.05) is 38.0 Å². The minimum absolute atomic E-state index is 0.126. The van der Waals surface area contributed by atoms with Gasteiger partial charge in [0.05, 0.1) is 6.61 Å². The normalized spacial score (nSPS) is 11.8. The molecule has 0 radical (unpaired) electrons. The molecule has 1 rings (SSSR count). The Balaban J connectivity index is 2.32. The highest BCUT2D eigenvalue weighted by molar-refractivity contribution is 7.80. The van der Waals surface area contributed by atoms with Crippen molar-refractivity contribution in [3.05, 3.63) is 42.5 Å². The third kappa shape index (κ3) is 7.91. The van der Waals surface area contributed by atoms with Gasteiger partial charge in [-0.2, -0.15) is 12.6 Å². The fourth-order valence-corrected chi connectivity index (χ4v) is 2.80. The maximum atomic E-state index is 11.5. The van der Waals surface area contributed by atoms with E-state index in [4.69, 9.17) is 4.74 Å². The van der Waals surface area contributed by atoms with E-state index >= 15 is 0 Å². The monoisotopic (exact) mass is 349 g/mol. The molecule has 0 bridgehead atoms. The van der Waals surface area contributed by atoms with Gasteiger partial charge in [0, 0.05) is 25.8 Å². The number of ether oxygens (including phenoxy) is 1. The van der Waals surface area contributed by atoms with Crippen LogP contribution in [0.4, 0.5) is 0 Å². The summed E-state index contributed by atoms with van der Waals surface area (Å²) in [6.45, 7) is 9.69. The minimum Gasteiger partial charge on any atom is -0.493 e. The molecule has 1 aromatic rings. The number of unbranched alkanes of at least 4 members (excludes halogenated alkanes) is 2. The lowest BCUT2D eigenvalue weighted by molar-refractivity contribution is -0.128. The van der Waals surface area contributed by atoms with Crippen LogP contribution in [0.1, 0.15) is 51.0 Å². The van der Waals surface area contributed by atoms with Crippen LogP contribution in [0.3, 0.4) is 0 Å². The highest BCUT2D eigenvalue weighted by Crippen LogP contribution is 2.25. The van der Waals surface area contributed by atoms with Gasteiger partial charge >= 0.3 is 0 Å². The van der Waals surface area contributed by atoms with Crippen LogP contribution in [0.25, 0.3) is 0 Å². The summed E-state index contributed by atoms with van der Waals surface area (Å²) in [5, 5.41) is 0. The van der Waals surface area contributed by atoms with Crippen molar-refractivity contribution in [3.63, 3.8) is 0 Å². The number of hydrogen-bond donors (Lipinski definition) is 1. The van der Waals surface area contributed by atoms with Crippen LogP contribution in [-0.4, -0.2) is 36.3 Å². The number of amides is 1. The number of benzene rings is 1. The maximum absolute atomic E-state index is 11.5. The zero-order valence-electron chi connectivity index (χ0n) is 15.0. The van der Waals surface area contributed by atoms with Crippen molar-refractivity contribution in [2.75, 3.05) is 25.4 Å². The maximum Gasteiger partial charge on any atom is 0.219 e. The predicted molar refractivity (Wildman–Crippen MR) is 105 cm³/mol. The highest BCUT2D eigenvalue weighted by atomic mass is 32.1. The Hall–Kier alpha value is -1.42. The smallest absolute Gasteiger partial charge is 0.219 e. The lowest BCUT2D eigenvalue weighted by Gasteiger charge is -2.19. The van der Waals surface area contributed by atoms with Crippen LogP contribution in [-0.2, 0) is 4.79 Å². The molecule has 0 aliphatic carbocycles. The zero-order valence-corrected chi connectivity index (χ0v) is 15.9. The number of carbonyl (C=O) groups excluding carboxylic acids is 1. The third-order valence-corrected chi connectivity index (χ3v) is 4.33. The number of nitrogens with zero attached hydrogens (tertiary/aromatic N) is 1. The molecule has 24 heavy (non-hydrogen) atoms. The molecule has 1 atom stereocenters. The molecule has 1 unspecified atom stereocenters. The van der Waals surface area contributed by atoms with Gasteiger partial charge in [0.25, 0.3) is 0 Å². The van der Waals surface area contributed by atoms with Crippen LogP contribution in [0, 0.1) is 0 Å². The molecule has 3 nitrogen and oxygen atoms in total. The van der Waals surface area contributed by atoms with E-state index in [2.05, 4.69) is 44.3 Å². The fourth-order valence-electron chi connectivity index (χ4n) is 2.70. The molecule has 0 aliphatic rings. The topological polar surface area (TPSA) is 29.5 Å². The van der Waals surface area contributed by atoms with Gasteiger partial charge in [-0.3, -0.25) is 4.79 Å². The second kappa shape index (κ2) is 12.0. The van der Waals surface area contributed by atoms with Crippen molar-refractivity contribution in [2.24, 2.45) is 0 Å². The number of thiol groups is 1. The molecule has 0 spiro atoms.